The van der Waals surface area contributed by atoms with Gasteiger partial charge in [-0.3, -0.25) is 4.98 Å². The highest BCUT2D eigenvalue weighted by molar-refractivity contribution is 5.46. The maximum atomic E-state index is 4.49. The van der Waals surface area contributed by atoms with E-state index in [0.717, 1.165) is 30.0 Å². The Labute approximate surface area is 119 Å². The Hall–Kier alpha value is -2.17. The number of aryl methyl sites for hydroxylation is 2. The van der Waals surface area contributed by atoms with Crippen molar-refractivity contribution in [1.29, 1.82) is 0 Å². The van der Waals surface area contributed by atoms with E-state index in [9.17, 15) is 0 Å². The first-order chi connectivity index (χ1) is 9.70. The van der Waals surface area contributed by atoms with Crippen molar-refractivity contribution >= 4 is 11.8 Å². The smallest absolute Gasteiger partial charge is 0.224 e. The lowest BCUT2D eigenvalue weighted by molar-refractivity contribution is 0.942. The van der Waals surface area contributed by atoms with E-state index in [2.05, 4.69) is 45.5 Å². The van der Waals surface area contributed by atoms with Crippen molar-refractivity contribution in [2.45, 2.75) is 33.7 Å². The van der Waals surface area contributed by atoms with Gasteiger partial charge < -0.3 is 10.6 Å². The van der Waals surface area contributed by atoms with Crippen LogP contribution in [-0.2, 0) is 6.54 Å². The van der Waals surface area contributed by atoms with Crippen LogP contribution in [0.25, 0.3) is 0 Å². The monoisotopic (exact) mass is 271 g/mol. The Bertz CT molecular complexity index is 568. The molecule has 0 aliphatic carbocycles. The average Bonchev–Trinajstić information content (AvgIpc) is 2.46. The highest BCUT2D eigenvalue weighted by atomic mass is 15.1. The fourth-order valence-electron chi connectivity index (χ4n) is 1.81. The molecule has 2 rings (SSSR count). The van der Waals surface area contributed by atoms with Crippen LogP contribution >= 0.6 is 0 Å². The van der Waals surface area contributed by atoms with Crippen LogP contribution in [0.5, 0.6) is 0 Å². The number of pyridine rings is 1. The minimum absolute atomic E-state index is 0.664. The summed E-state index contributed by atoms with van der Waals surface area (Å²) in [6, 6.07) is 4.01. The lowest BCUT2D eigenvalue weighted by atomic mass is 10.2. The highest BCUT2D eigenvalue weighted by Crippen LogP contribution is 2.14. The minimum Gasteiger partial charge on any atom is -0.364 e. The lowest BCUT2D eigenvalue weighted by Gasteiger charge is -2.11. The molecule has 0 spiro atoms. The summed E-state index contributed by atoms with van der Waals surface area (Å²) in [5, 5.41) is 6.53. The molecular weight excluding hydrogens is 250 g/mol. The molecule has 0 fully saturated rings. The maximum absolute atomic E-state index is 4.49. The van der Waals surface area contributed by atoms with Gasteiger partial charge in [0.2, 0.25) is 5.95 Å². The normalized spacial score (nSPS) is 10.3. The quantitative estimate of drug-likeness (QED) is 0.845. The number of nitrogens with one attached hydrogen (secondary N) is 2. The number of rotatable bonds is 6. The van der Waals surface area contributed by atoms with Crippen LogP contribution in [-0.4, -0.2) is 21.5 Å². The Morgan fingerprint density at radius 1 is 1.10 bits per heavy atom. The van der Waals surface area contributed by atoms with Crippen LogP contribution < -0.4 is 10.6 Å². The second-order valence-corrected chi connectivity index (χ2v) is 4.77. The van der Waals surface area contributed by atoms with Gasteiger partial charge >= 0.3 is 0 Å². The van der Waals surface area contributed by atoms with E-state index >= 15 is 0 Å². The van der Waals surface area contributed by atoms with Gasteiger partial charge in [-0.05, 0) is 31.9 Å². The zero-order chi connectivity index (χ0) is 14.4. The first-order valence-electron chi connectivity index (χ1n) is 6.92. The zero-order valence-corrected chi connectivity index (χ0v) is 12.3. The van der Waals surface area contributed by atoms with Crippen molar-refractivity contribution in [1.82, 2.24) is 15.0 Å². The molecule has 2 heterocycles. The second kappa shape index (κ2) is 6.84. The lowest BCUT2D eigenvalue weighted by Crippen LogP contribution is -2.10. The third kappa shape index (κ3) is 3.66. The van der Waals surface area contributed by atoms with Gasteiger partial charge in [0.25, 0.3) is 0 Å². The first kappa shape index (κ1) is 14.2. The summed E-state index contributed by atoms with van der Waals surface area (Å²) in [6.45, 7) is 7.71. The summed E-state index contributed by atoms with van der Waals surface area (Å²) >= 11 is 0. The van der Waals surface area contributed by atoms with Crippen molar-refractivity contribution in [2.24, 2.45) is 0 Å². The third-order valence-corrected chi connectivity index (χ3v) is 3.05. The summed E-state index contributed by atoms with van der Waals surface area (Å²) in [7, 11) is 0. The van der Waals surface area contributed by atoms with E-state index in [1.165, 1.54) is 5.56 Å². The van der Waals surface area contributed by atoms with Crippen LogP contribution in [0.2, 0.25) is 0 Å². The molecule has 0 bridgehead atoms. The summed E-state index contributed by atoms with van der Waals surface area (Å²) in [6.07, 6.45) is 4.69. The topological polar surface area (TPSA) is 62.7 Å². The van der Waals surface area contributed by atoms with Gasteiger partial charge in [0.1, 0.15) is 5.82 Å². The summed E-state index contributed by atoms with van der Waals surface area (Å²) in [4.78, 5) is 13.1. The predicted molar refractivity (Wildman–Crippen MR) is 81.9 cm³/mol. The van der Waals surface area contributed by atoms with Crippen LogP contribution in [0.1, 0.15) is 30.2 Å². The van der Waals surface area contributed by atoms with E-state index in [-0.39, 0.29) is 0 Å². The fraction of sp³-hybridized carbons (Fsp3) is 0.400. The van der Waals surface area contributed by atoms with E-state index < -0.39 is 0 Å². The molecule has 0 atom stereocenters. The van der Waals surface area contributed by atoms with Gasteiger partial charge in [-0.25, -0.2) is 4.98 Å². The molecule has 2 N–H and O–H groups in total. The molecule has 0 aliphatic rings. The molecule has 2 aromatic heterocycles. The number of hydrogen-bond donors (Lipinski definition) is 2. The summed E-state index contributed by atoms with van der Waals surface area (Å²) in [5.74, 6) is 1.52. The van der Waals surface area contributed by atoms with Crippen molar-refractivity contribution in [2.75, 3.05) is 17.2 Å². The summed E-state index contributed by atoms with van der Waals surface area (Å²) < 4.78 is 0. The Morgan fingerprint density at radius 2 is 1.95 bits per heavy atom. The molecule has 0 unspecified atom stereocenters. The molecule has 0 saturated heterocycles. The molecule has 0 aromatic carbocycles. The summed E-state index contributed by atoms with van der Waals surface area (Å²) in [5.41, 5.74) is 3.24. The van der Waals surface area contributed by atoms with E-state index in [0.29, 0.717) is 12.5 Å². The first-order valence-corrected chi connectivity index (χ1v) is 6.92. The zero-order valence-electron chi connectivity index (χ0n) is 12.3. The molecule has 5 heteroatoms. The van der Waals surface area contributed by atoms with Crippen LogP contribution in [0.4, 0.5) is 11.8 Å². The minimum atomic E-state index is 0.664. The van der Waals surface area contributed by atoms with Crippen molar-refractivity contribution in [3.63, 3.8) is 0 Å². The van der Waals surface area contributed by atoms with Crippen molar-refractivity contribution in [3.05, 3.63) is 41.3 Å². The van der Waals surface area contributed by atoms with E-state index in [1.807, 2.05) is 25.4 Å². The Kier molecular flexibility index (Phi) is 4.87. The number of hydrogen-bond acceptors (Lipinski definition) is 5. The van der Waals surface area contributed by atoms with Crippen LogP contribution in [0.15, 0.2) is 24.5 Å². The van der Waals surface area contributed by atoms with Gasteiger partial charge in [-0.15, -0.1) is 0 Å². The van der Waals surface area contributed by atoms with Gasteiger partial charge in [0.05, 0.1) is 12.2 Å². The third-order valence-electron chi connectivity index (χ3n) is 3.05. The molecule has 106 valence electrons. The SMILES string of the molecule is CCCNc1ncc(C)c(NCc2ncccc2C)n1. The fourth-order valence-corrected chi connectivity index (χ4v) is 1.81. The molecule has 5 nitrogen and oxygen atoms in total. The Morgan fingerprint density at radius 3 is 2.70 bits per heavy atom. The van der Waals surface area contributed by atoms with Gasteiger partial charge in [-0.2, -0.15) is 4.98 Å². The van der Waals surface area contributed by atoms with Gasteiger partial charge in [0, 0.05) is 24.5 Å². The number of anilines is 2. The number of aromatic nitrogens is 3. The van der Waals surface area contributed by atoms with E-state index in [1.54, 1.807) is 0 Å². The highest BCUT2D eigenvalue weighted by Gasteiger charge is 2.05. The molecule has 20 heavy (non-hydrogen) atoms. The second-order valence-electron chi connectivity index (χ2n) is 4.77. The maximum Gasteiger partial charge on any atom is 0.224 e. The molecule has 0 saturated carbocycles. The predicted octanol–water partition coefficient (Wildman–Crippen LogP) is 2.92. The van der Waals surface area contributed by atoms with Crippen LogP contribution in [0, 0.1) is 13.8 Å². The van der Waals surface area contributed by atoms with Gasteiger partial charge in [0.15, 0.2) is 0 Å². The van der Waals surface area contributed by atoms with Gasteiger partial charge in [-0.1, -0.05) is 13.0 Å². The molecule has 0 aliphatic heterocycles. The van der Waals surface area contributed by atoms with E-state index in [4.69, 9.17) is 0 Å². The molecular formula is C15H21N5. The largest absolute Gasteiger partial charge is 0.364 e. The van der Waals surface area contributed by atoms with Crippen molar-refractivity contribution < 1.29 is 0 Å². The van der Waals surface area contributed by atoms with Crippen LogP contribution in [0.3, 0.4) is 0 Å². The number of nitrogens with zero attached hydrogens (tertiary/aromatic N) is 3. The standard InChI is InChI=1S/C15H21N5/c1-4-7-17-15-19-9-12(3)14(20-15)18-10-13-11(2)6-5-8-16-13/h5-6,8-9H,4,7,10H2,1-3H3,(H2,17,18,19,20). The molecule has 2 aromatic rings. The molecule has 0 amide bonds. The Balaban J connectivity index is 2.07. The average molecular weight is 271 g/mol. The van der Waals surface area contributed by atoms with Crippen molar-refractivity contribution in [3.8, 4) is 0 Å². The molecule has 0 radical (unpaired) electrons.